The summed E-state index contributed by atoms with van der Waals surface area (Å²) < 4.78 is 32.8. The van der Waals surface area contributed by atoms with Gasteiger partial charge in [-0.15, -0.1) is 0 Å². The van der Waals surface area contributed by atoms with E-state index in [0.717, 1.165) is 6.07 Å². The highest BCUT2D eigenvalue weighted by Gasteiger charge is 2.30. The van der Waals surface area contributed by atoms with Crippen LogP contribution >= 0.6 is 22.6 Å². The number of rotatable bonds is 2. The number of hydrogen-bond donors (Lipinski definition) is 0. The van der Waals surface area contributed by atoms with Gasteiger partial charge in [0.25, 0.3) is 5.91 Å². The maximum absolute atomic E-state index is 13.8. The molecule has 3 nitrogen and oxygen atoms in total. The number of amides is 1. The highest BCUT2D eigenvalue weighted by molar-refractivity contribution is 14.1. The summed E-state index contributed by atoms with van der Waals surface area (Å²) in [5.41, 5.74) is -0.473. The molecule has 1 atom stereocenters. The zero-order valence-electron chi connectivity index (χ0n) is 9.75. The molecule has 2 rings (SSSR count). The van der Waals surface area contributed by atoms with Gasteiger partial charge >= 0.3 is 0 Å². The molecule has 0 aliphatic carbocycles. The van der Waals surface area contributed by atoms with Crippen molar-refractivity contribution in [2.24, 2.45) is 0 Å². The molecule has 1 fully saturated rings. The molecular weight excluding hydrogens is 355 g/mol. The van der Waals surface area contributed by atoms with Crippen LogP contribution in [0.1, 0.15) is 16.8 Å². The third-order valence-corrected chi connectivity index (χ3v) is 3.86. The molecule has 0 N–H and O–H groups in total. The first kappa shape index (κ1) is 13.7. The Hall–Kier alpha value is -0.760. The third-order valence-electron chi connectivity index (χ3n) is 3.02. The lowest BCUT2D eigenvalue weighted by Gasteiger charge is -2.17. The topological polar surface area (TPSA) is 29.5 Å². The Balaban J connectivity index is 2.27. The van der Waals surface area contributed by atoms with Crippen molar-refractivity contribution in [2.45, 2.75) is 12.5 Å². The van der Waals surface area contributed by atoms with Crippen molar-refractivity contribution in [3.63, 3.8) is 0 Å². The van der Waals surface area contributed by atoms with Crippen LogP contribution in [0.4, 0.5) is 8.78 Å². The van der Waals surface area contributed by atoms with E-state index in [1.54, 1.807) is 29.7 Å². The number of methoxy groups -OCH3 is 1. The van der Waals surface area contributed by atoms with Crippen molar-refractivity contribution >= 4 is 28.5 Å². The van der Waals surface area contributed by atoms with Gasteiger partial charge in [0, 0.05) is 23.8 Å². The standard InChI is InChI=1S/C12H12F2INO2/c1-18-7-4-5-16(6-7)12(17)10-8(13)2-3-9(15)11(10)14/h2-3,7H,4-6H2,1H3/t7-/m1/s1. The van der Waals surface area contributed by atoms with Crippen molar-refractivity contribution in [1.29, 1.82) is 0 Å². The molecule has 0 spiro atoms. The van der Waals surface area contributed by atoms with E-state index in [4.69, 9.17) is 4.74 Å². The molecule has 1 amide bonds. The smallest absolute Gasteiger partial charge is 0.259 e. The van der Waals surface area contributed by atoms with Crippen molar-refractivity contribution < 1.29 is 18.3 Å². The zero-order valence-corrected chi connectivity index (χ0v) is 11.9. The SMILES string of the molecule is CO[C@@H]1CCN(C(=O)c2c(F)ccc(I)c2F)C1. The molecule has 1 aliphatic rings. The molecule has 98 valence electrons. The first-order valence-corrected chi connectivity index (χ1v) is 6.58. The molecular formula is C12H12F2INO2. The molecule has 6 heteroatoms. The summed E-state index contributed by atoms with van der Waals surface area (Å²) >= 11 is 1.74. The predicted molar refractivity (Wildman–Crippen MR) is 70.4 cm³/mol. The van der Waals surface area contributed by atoms with E-state index in [2.05, 4.69) is 0 Å². The lowest BCUT2D eigenvalue weighted by atomic mass is 10.1. The molecule has 0 saturated carbocycles. The van der Waals surface area contributed by atoms with E-state index in [0.29, 0.717) is 19.5 Å². The summed E-state index contributed by atoms with van der Waals surface area (Å²) in [5, 5.41) is 0. The zero-order chi connectivity index (χ0) is 13.3. The summed E-state index contributed by atoms with van der Waals surface area (Å²) in [5.74, 6) is -2.22. The summed E-state index contributed by atoms with van der Waals surface area (Å²) in [6.45, 7) is 0.835. The monoisotopic (exact) mass is 367 g/mol. The molecule has 1 aliphatic heterocycles. The maximum atomic E-state index is 13.8. The van der Waals surface area contributed by atoms with Crippen LogP contribution in [0, 0.1) is 15.2 Å². The van der Waals surface area contributed by atoms with Crippen LogP contribution < -0.4 is 0 Å². The fourth-order valence-electron chi connectivity index (χ4n) is 1.99. The lowest BCUT2D eigenvalue weighted by molar-refractivity contribution is 0.0715. The van der Waals surface area contributed by atoms with E-state index in [-0.39, 0.29) is 9.67 Å². The van der Waals surface area contributed by atoms with Gasteiger partial charge in [-0.05, 0) is 41.1 Å². The quantitative estimate of drug-likeness (QED) is 0.594. The molecule has 0 aromatic heterocycles. The van der Waals surface area contributed by atoms with Crippen molar-refractivity contribution in [2.75, 3.05) is 20.2 Å². The Morgan fingerprint density at radius 3 is 2.83 bits per heavy atom. The van der Waals surface area contributed by atoms with E-state index >= 15 is 0 Å². The Morgan fingerprint density at radius 1 is 1.50 bits per heavy atom. The van der Waals surface area contributed by atoms with Gasteiger partial charge in [-0.3, -0.25) is 4.79 Å². The molecule has 1 saturated heterocycles. The van der Waals surface area contributed by atoms with Crippen molar-refractivity contribution in [3.05, 3.63) is 32.9 Å². The molecule has 1 aromatic rings. The summed E-state index contributed by atoms with van der Waals surface area (Å²) in [6, 6.07) is 2.42. The summed E-state index contributed by atoms with van der Waals surface area (Å²) in [7, 11) is 1.56. The number of halogens is 3. The minimum atomic E-state index is -0.821. The summed E-state index contributed by atoms with van der Waals surface area (Å²) in [6.07, 6.45) is 0.637. The molecule has 1 heterocycles. The van der Waals surface area contributed by atoms with Gasteiger partial charge in [-0.25, -0.2) is 8.78 Å². The number of benzene rings is 1. The number of hydrogen-bond acceptors (Lipinski definition) is 2. The molecule has 0 bridgehead atoms. The number of carbonyl (C=O) groups is 1. The van der Waals surface area contributed by atoms with Crippen LogP contribution in [-0.4, -0.2) is 37.1 Å². The average Bonchev–Trinajstić information content (AvgIpc) is 2.83. The highest BCUT2D eigenvalue weighted by atomic mass is 127. The van der Waals surface area contributed by atoms with Crippen LogP contribution in [-0.2, 0) is 4.74 Å². The van der Waals surface area contributed by atoms with Crippen LogP contribution in [0.15, 0.2) is 12.1 Å². The highest BCUT2D eigenvalue weighted by Crippen LogP contribution is 2.22. The number of ether oxygens (including phenoxy) is 1. The Kier molecular flexibility index (Phi) is 4.16. The normalized spacial score (nSPS) is 19.3. The Morgan fingerprint density at radius 2 is 2.22 bits per heavy atom. The lowest BCUT2D eigenvalue weighted by Crippen LogP contribution is -2.31. The van der Waals surface area contributed by atoms with Gasteiger partial charge in [0.15, 0.2) is 5.82 Å². The fourth-order valence-corrected chi connectivity index (χ4v) is 2.44. The van der Waals surface area contributed by atoms with Crippen LogP contribution in [0.2, 0.25) is 0 Å². The van der Waals surface area contributed by atoms with E-state index in [1.807, 2.05) is 0 Å². The maximum Gasteiger partial charge on any atom is 0.259 e. The minimum Gasteiger partial charge on any atom is -0.380 e. The Bertz CT molecular complexity index is 481. The van der Waals surface area contributed by atoms with Crippen molar-refractivity contribution in [1.82, 2.24) is 4.90 Å². The molecule has 18 heavy (non-hydrogen) atoms. The van der Waals surface area contributed by atoms with E-state index < -0.39 is 23.1 Å². The third kappa shape index (κ3) is 2.49. The van der Waals surface area contributed by atoms with Crippen molar-refractivity contribution in [3.8, 4) is 0 Å². The number of carbonyl (C=O) groups excluding carboxylic acids is 1. The minimum absolute atomic E-state index is 0.0529. The number of likely N-dealkylation sites (tertiary alicyclic amines) is 1. The molecule has 1 aromatic carbocycles. The van der Waals surface area contributed by atoms with Crippen LogP contribution in [0.3, 0.4) is 0 Å². The van der Waals surface area contributed by atoms with Gasteiger partial charge in [-0.1, -0.05) is 0 Å². The van der Waals surface area contributed by atoms with E-state index in [9.17, 15) is 13.6 Å². The first-order valence-electron chi connectivity index (χ1n) is 5.50. The first-order chi connectivity index (χ1) is 8.54. The van der Waals surface area contributed by atoms with Crippen LogP contribution in [0.5, 0.6) is 0 Å². The van der Waals surface area contributed by atoms with Crippen LogP contribution in [0.25, 0.3) is 0 Å². The Labute approximate surface area is 117 Å². The van der Waals surface area contributed by atoms with Gasteiger partial charge < -0.3 is 9.64 Å². The second-order valence-electron chi connectivity index (χ2n) is 4.12. The van der Waals surface area contributed by atoms with Gasteiger partial charge in [0.05, 0.1) is 6.10 Å². The number of nitrogens with zero attached hydrogens (tertiary/aromatic N) is 1. The molecule has 0 radical (unpaired) electrons. The average molecular weight is 367 g/mol. The van der Waals surface area contributed by atoms with Gasteiger partial charge in [-0.2, -0.15) is 0 Å². The second kappa shape index (κ2) is 5.48. The van der Waals surface area contributed by atoms with Gasteiger partial charge in [0.1, 0.15) is 11.4 Å². The van der Waals surface area contributed by atoms with Gasteiger partial charge in [0.2, 0.25) is 0 Å². The predicted octanol–water partition coefficient (Wildman–Crippen LogP) is 2.43. The summed E-state index contributed by atoms with van der Waals surface area (Å²) in [4.78, 5) is 13.5. The largest absolute Gasteiger partial charge is 0.380 e. The fraction of sp³-hybridized carbons (Fsp3) is 0.417. The second-order valence-corrected chi connectivity index (χ2v) is 5.28. The van der Waals surface area contributed by atoms with E-state index in [1.165, 1.54) is 11.0 Å². The molecule has 0 unspecified atom stereocenters.